The first-order valence-corrected chi connectivity index (χ1v) is 9.30. The number of hydrogen-bond donors (Lipinski definition) is 1. The van der Waals surface area contributed by atoms with Crippen molar-refractivity contribution in [1.29, 1.82) is 0 Å². The second-order valence-corrected chi connectivity index (χ2v) is 7.68. The van der Waals surface area contributed by atoms with E-state index >= 15 is 0 Å². The molecule has 2 rings (SSSR count). The molecule has 2 aromatic rings. The molecule has 0 aliphatic carbocycles. The Morgan fingerprint density at radius 3 is 2.33 bits per heavy atom. The van der Waals surface area contributed by atoms with Gasteiger partial charge in [0.05, 0.1) is 11.7 Å². The Hall–Kier alpha value is -2.69. The lowest BCUT2D eigenvalue weighted by Crippen LogP contribution is -2.36. The Morgan fingerprint density at radius 2 is 1.74 bits per heavy atom. The first-order chi connectivity index (χ1) is 12.8. The third-order valence-corrected chi connectivity index (χ3v) is 4.40. The molecule has 0 saturated carbocycles. The number of benzene rings is 1. The Bertz CT molecular complexity index is 700. The van der Waals surface area contributed by atoms with Crippen LogP contribution in [0.1, 0.15) is 50.9 Å². The number of amides is 2. The Labute approximate surface area is 161 Å². The van der Waals surface area contributed by atoms with E-state index in [2.05, 4.69) is 10.3 Å². The molecule has 1 unspecified atom stereocenters. The average molecular weight is 367 g/mol. The van der Waals surface area contributed by atoms with Crippen LogP contribution < -0.4 is 5.32 Å². The highest BCUT2D eigenvalue weighted by Gasteiger charge is 2.24. The molecule has 0 fully saturated rings. The largest absolute Gasteiger partial charge is 0.356 e. The predicted molar refractivity (Wildman–Crippen MR) is 107 cm³/mol. The summed E-state index contributed by atoms with van der Waals surface area (Å²) in [5, 5.41) is 2.89. The van der Waals surface area contributed by atoms with E-state index in [1.165, 1.54) is 0 Å². The molecule has 1 atom stereocenters. The maximum absolute atomic E-state index is 12.8. The first-order valence-electron chi connectivity index (χ1n) is 9.30. The molecule has 5 heteroatoms. The van der Waals surface area contributed by atoms with Gasteiger partial charge in [-0.3, -0.25) is 14.6 Å². The minimum atomic E-state index is -0.418. The average Bonchev–Trinajstić information content (AvgIpc) is 2.66. The van der Waals surface area contributed by atoms with Gasteiger partial charge in [0.1, 0.15) is 0 Å². The van der Waals surface area contributed by atoms with Gasteiger partial charge in [0.15, 0.2) is 0 Å². The van der Waals surface area contributed by atoms with Crippen LogP contribution in [0, 0.1) is 5.41 Å². The summed E-state index contributed by atoms with van der Waals surface area (Å²) in [4.78, 5) is 30.9. The smallest absolute Gasteiger partial charge is 0.225 e. The van der Waals surface area contributed by atoms with Gasteiger partial charge in [-0.25, -0.2) is 0 Å². The van der Waals surface area contributed by atoms with Gasteiger partial charge in [-0.15, -0.1) is 0 Å². The molecule has 144 valence electrons. The van der Waals surface area contributed by atoms with E-state index in [9.17, 15) is 9.59 Å². The quantitative estimate of drug-likeness (QED) is 0.761. The van der Waals surface area contributed by atoms with Gasteiger partial charge in [-0.05, 0) is 24.1 Å². The van der Waals surface area contributed by atoms with Crippen molar-refractivity contribution in [2.45, 2.75) is 39.7 Å². The summed E-state index contributed by atoms with van der Waals surface area (Å²) < 4.78 is 0. The Kier molecular flexibility index (Phi) is 7.11. The molecule has 27 heavy (non-hydrogen) atoms. The molecule has 1 aromatic heterocycles. The Balaban J connectivity index is 2.02. The highest BCUT2D eigenvalue weighted by molar-refractivity contribution is 5.81. The van der Waals surface area contributed by atoms with Gasteiger partial charge >= 0.3 is 0 Å². The molecule has 0 aliphatic heterocycles. The van der Waals surface area contributed by atoms with Crippen molar-refractivity contribution in [2.24, 2.45) is 5.41 Å². The van der Waals surface area contributed by atoms with Gasteiger partial charge in [0.2, 0.25) is 11.8 Å². The lowest BCUT2D eigenvalue weighted by Gasteiger charge is -2.28. The number of aromatic nitrogens is 1. The predicted octanol–water partition coefficient (Wildman–Crippen LogP) is 3.57. The molecule has 0 bridgehead atoms. The molecule has 1 N–H and O–H groups in total. The summed E-state index contributed by atoms with van der Waals surface area (Å²) >= 11 is 0. The molecule has 1 aromatic carbocycles. The maximum atomic E-state index is 12.8. The van der Waals surface area contributed by atoms with Crippen molar-refractivity contribution < 1.29 is 9.59 Å². The van der Waals surface area contributed by atoms with Gasteiger partial charge in [0.25, 0.3) is 0 Å². The topological polar surface area (TPSA) is 62.3 Å². The lowest BCUT2D eigenvalue weighted by molar-refractivity contribution is -0.132. The minimum Gasteiger partial charge on any atom is -0.356 e. The number of nitrogens with zero attached hydrogens (tertiary/aromatic N) is 2. The van der Waals surface area contributed by atoms with E-state index < -0.39 is 5.41 Å². The van der Waals surface area contributed by atoms with E-state index in [1.54, 1.807) is 11.1 Å². The fraction of sp³-hybridized carbons (Fsp3) is 0.409. The van der Waals surface area contributed by atoms with Gasteiger partial charge < -0.3 is 10.2 Å². The molecule has 0 saturated heterocycles. The standard InChI is InChI=1S/C22H29N3O2/c1-22(2,3)21(27)24-16-10-14-19(26)25(4)20(17-11-6-5-7-12-17)18-13-8-9-15-23-18/h5-9,11-13,15,20H,10,14,16H2,1-4H3,(H,24,27). The molecule has 2 amide bonds. The summed E-state index contributed by atoms with van der Waals surface area (Å²) in [6, 6.07) is 15.4. The van der Waals surface area contributed by atoms with Crippen LogP contribution in [0.3, 0.4) is 0 Å². The first kappa shape index (κ1) is 20.6. The second kappa shape index (κ2) is 9.31. The minimum absolute atomic E-state index is 0.000971. The summed E-state index contributed by atoms with van der Waals surface area (Å²) in [5.41, 5.74) is 1.44. The van der Waals surface area contributed by atoms with E-state index in [-0.39, 0.29) is 17.9 Å². The van der Waals surface area contributed by atoms with Crippen molar-refractivity contribution >= 4 is 11.8 Å². The number of carbonyl (C=O) groups excluding carboxylic acids is 2. The molecule has 0 spiro atoms. The maximum Gasteiger partial charge on any atom is 0.225 e. The molecule has 0 radical (unpaired) electrons. The monoisotopic (exact) mass is 367 g/mol. The Morgan fingerprint density at radius 1 is 1.07 bits per heavy atom. The number of nitrogens with one attached hydrogen (secondary N) is 1. The lowest BCUT2D eigenvalue weighted by atomic mass is 9.96. The molecular weight excluding hydrogens is 338 g/mol. The summed E-state index contributed by atoms with van der Waals surface area (Å²) in [7, 11) is 1.81. The summed E-state index contributed by atoms with van der Waals surface area (Å²) in [6.45, 7) is 6.12. The molecular formula is C22H29N3O2. The third-order valence-electron chi connectivity index (χ3n) is 4.40. The zero-order chi connectivity index (χ0) is 19.9. The van der Waals surface area contributed by atoms with Crippen molar-refractivity contribution in [3.8, 4) is 0 Å². The zero-order valence-electron chi connectivity index (χ0n) is 16.6. The molecule has 5 nitrogen and oxygen atoms in total. The highest BCUT2D eigenvalue weighted by Crippen LogP contribution is 2.26. The van der Waals surface area contributed by atoms with Gasteiger partial charge in [-0.2, -0.15) is 0 Å². The van der Waals surface area contributed by atoms with E-state index in [1.807, 2.05) is 76.3 Å². The summed E-state index contributed by atoms with van der Waals surface area (Å²) in [5.74, 6) is 0.0264. The van der Waals surface area contributed by atoms with E-state index in [0.717, 1.165) is 11.3 Å². The fourth-order valence-electron chi connectivity index (χ4n) is 2.79. The van der Waals surface area contributed by atoms with Crippen LogP contribution in [-0.4, -0.2) is 35.3 Å². The van der Waals surface area contributed by atoms with Crippen molar-refractivity contribution in [3.05, 3.63) is 66.0 Å². The van der Waals surface area contributed by atoms with E-state index in [0.29, 0.717) is 19.4 Å². The number of pyridine rings is 1. The van der Waals surface area contributed by atoms with Gasteiger partial charge in [0, 0.05) is 31.6 Å². The van der Waals surface area contributed by atoms with E-state index in [4.69, 9.17) is 0 Å². The fourth-order valence-corrected chi connectivity index (χ4v) is 2.79. The van der Waals surface area contributed by atoms with Crippen molar-refractivity contribution in [3.63, 3.8) is 0 Å². The van der Waals surface area contributed by atoms with Crippen LogP contribution >= 0.6 is 0 Å². The number of hydrogen-bond acceptors (Lipinski definition) is 3. The third kappa shape index (κ3) is 5.91. The zero-order valence-corrected chi connectivity index (χ0v) is 16.6. The van der Waals surface area contributed by atoms with Crippen LogP contribution in [0.2, 0.25) is 0 Å². The highest BCUT2D eigenvalue weighted by atomic mass is 16.2. The van der Waals surface area contributed by atoms with Crippen LogP contribution in [0.15, 0.2) is 54.7 Å². The number of carbonyl (C=O) groups is 2. The normalized spacial score (nSPS) is 12.3. The summed E-state index contributed by atoms with van der Waals surface area (Å²) in [6.07, 6.45) is 2.72. The SMILES string of the molecule is CN(C(=O)CCCNC(=O)C(C)(C)C)C(c1ccccc1)c1ccccn1. The van der Waals surface area contributed by atoms with Crippen molar-refractivity contribution in [1.82, 2.24) is 15.2 Å². The van der Waals surface area contributed by atoms with Crippen molar-refractivity contribution in [2.75, 3.05) is 13.6 Å². The van der Waals surface area contributed by atoms with Crippen LogP contribution in [0.4, 0.5) is 0 Å². The van der Waals surface area contributed by atoms with Crippen LogP contribution in [0.25, 0.3) is 0 Å². The molecule has 0 aliphatic rings. The second-order valence-electron chi connectivity index (χ2n) is 7.68. The van der Waals surface area contributed by atoms with Crippen LogP contribution in [0.5, 0.6) is 0 Å². The van der Waals surface area contributed by atoms with Crippen LogP contribution in [-0.2, 0) is 9.59 Å². The molecule has 1 heterocycles. The number of rotatable bonds is 7. The van der Waals surface area contributed by atoms with Gasteiger partial charge in [-0.1, -0.05) is 57.2 Å².